The third-order valence-electron chi connectivity index (χ3n) is 2.75. The highest BCUT2D eigenvalue weighted by molar-refractivity contribution is 6.00. The monoisotopic (exact) mass is 258 g/mol. The van der Waals surface area contributed by atoms with E-state index < -0.39 is 0 Å². The molecule has 0 unspecified atom stereocenters. The first kappa shape index (κ1) is 13.3. The number of anilines is 1. The smallest absolute Gasteiger partial charge is 0.251 e. The predicted molar refractivity (Wildman–Crippen MR) is 75.0 cm³/mol. The van der Waals surface area contributed by atoms with Crippen molar-refractivity contribution in [3.63, 3.8) is 0 Å². The van der Waals surface area contributed by atoms with Gasteiger partial charge in [-0.25, -0.2) is 0 Å². The lowest BCUT2D eigenvalue weighted by atomic mass is 10.2. The fourth-order valence-corrected chi connectivity index (χ4v) is 1.64. The number of allylic oxidation sites excluding steroid dienone is 1. The normalized spacial score (nSPS) is 13.6. The maximum atomic E-state index is 11.8. The van der Waals surface area contributed by atoms with E-state index in [0.717, 1.165) is 18.4 Å². The summed E-state index contributed by atoms with van der Waals surface area (Å²) in [7, 11) is 0. The zero-order chi connectivity index (χ0) is 13.8. The average molecular weight is 258 g/mol. The Morgan fingerprint density at radius 1 is 1.16 bits per heavy atom. The molecule has 0 saturated heterocycles. The summed E-state index contributed by atoms with van der Waals surface area (Å²) in [4.78, 5) is 23.3. The molecule has 1 aromatic carbocycles. The molecule has 2 amide bonds. The summed E-state index contributed by atoms with van der Waals surface area (Å²) < 4.78 is 0. The van der Waals surface area contributed by atoms with Gasteiger partial charge in [0.15, 0.2) is 0 Å². The van der Waals surface area contributed by atoms with E-state index in [-0.39, 0.29) is 11.8 Å². The highest BCUT2D eigenvalue weighted by Gasteiger charge is 2.23. The highest BCUT2D eigenvalue weighted by Crippen LogP contribution is 2.19. The summed E-state index contributed by atoms with van der Waals surface area (Å²) in [5, 5.41) is 5.67. The SMILES string of the molecule is CC(C)=CC(=O)Nc1ccc(C(=O)NC2CC2)cc1. The zero-order valence-electron chi connectivity index (χ0n) is 11.2. The fourth-order valence-electron chi connectivity index (χ4n) is 1.64. The lowest BCUT2D eigenvalue weighted by Gasteiger charge is -2.05. The van der Waals surface area contributed by atoms with Gasteiger partial charge in [0.2, 0.25) is 5.91 Å². The van der Waals surface area contributed by atoms with Crippen molar-refractivity contribution < 1.29 is 9.59 Å². The Labute approximate surface area is 112 Å². The quantitative estimate of drug-likeness (QED) is 0.815. The van der Waals surface area contributed by atoms with Crippen molar-refractivity contribution in [1.82, 2.24) is 5.32 Å². The number of nitrogens with one attached hydrogen (secondary N) is 2. The van der Waals surface area contributed by atoms with Crippen LogP contribution in [0.4, 0.5) is 5.69 Å². The Kier molecular flexibility index (Phi) is 4.00. The second kappa shape index (κ2) is 5.69. The van der Waals surface area contributed by atoms with Crippen LogP contribution in [0, 0.1) is 0 Å². The summed E-state index contributed by atoms with van der Waals surface area (Å²) in [6.07, 6.45) is 3.68. The van der Waals surface area contributed by atoms with Crippen molar-refractivity contribution >= 4 is 17.5 Å². The molecule has 0 spiro atoms. The van der Waals surface area contributed by atoms with Gasteiger partial charge in [0.05, 0.1) is 0 Å². The van der Waals surface area contributed by atoms with Gasteiger partial charge in [-0.15, -0.1) is 0 Å². The standard InChI is InChI=1S/C15H18N2O2/c1-10(2)9-14(18)16-12-5-3-11(4-6-12)15(19)17-13-7-8-13/h3-6,9,13H,7-8H2,1-2H3,(H,16,18)(H,17,19). The van der Waals surface area contributed by atoms with Crippen LogP contribution in [-0.2, 0) is 4.79 Å². The van der Waals surface area contributed by atoms with Crippen LogP contribution >= 0.6 is 0 Å². The van der Waals surface area contributed by atoms with E-state index in [0.29, 0.717) is 17.3 Å². The van der Waals surface area contributed by atoms with Crippen molar-refractivity contribution in [2.45, 2.75) is 32.7 Å². The lowest BCUT2D eigenvalue weighted by Crippen LogP contribution is -2.25. The Balaban J connectivity index is 1.95. The molecule has 0 radical (unpaired) electrons. The van der Waals surface area contributed by atoms with Crippen LogP contribution in [0.3, 0.4) is 0 Å². The van der Waals surface area contributed by atoms with Crippen molar-refractivity contribution in [3.05, 3.63) is 41.5 Å². The zero-order valence-corrected chi connectivity index (χ0v) is 11.2. The topological polar surface area (TPSA) is 58.2 Å². The van der Waals surface area contributed by atoms with Gasteiger partial charge in [0.1, 0.15) is 0 Å². The van der Waals surface area contributed by atoms with Crippen LogP contribution in [0.5, 0.6) is 0 Å². The summed E-state index contributed by atoms with van der Waals surface area (Å²) in [5.41, 5.74) is 2.25. The number of benzene rings is 1. The molecule has 2 rings (SSSR count). The Morgan fingerprint density at radius 2 is 1.79 bits per heavy atom. The van der Waals surface area contributed by atoms with E-state index >= 15 is 0 Å². The van der Waals surface area contributed by atoms with Crippen LogP contribution in [0.25, 0.3) is 0 Å². The molecule has 4 heteroatoms. The minimum Gasteiger partial charge on any atom is -0.349 e. The molecule has 4 nitrogen and oxygen atoms in total. The number of amides is 2. The minimum atomic E-state index is -0.157. The number of hydrogen-bond acceptors (Lipinski definition) is 2. The highest BCUT2D eigenvalue weighted by atomic mass is 16.2. The Morgan fingerprint density at radius 3 is 2.32 bits per heavy atom. The van der Waals surface area contributed by atoms with E-state index in [1.807, 2.05) is 13.8 Å². The average Bonchev–Trinajstić information content (AvgIpc) is 3.12. The molecular formula is C15H18N2O2. The van der Waals surface area contributed by atoms with Gasteiger partial charge in [-0.1, -0.05) is 5.57 Å². The summed E-state index contributed by atoms with van der Waals surface area (Å²) in [6, 6.07) is 7.26. The molecule has 19 heavy (non-hydrogen) atoms. The van der Waals surface area contributed by atoms with Crippen LogP contribution in [0.15, 0.2) is 35.9 Å². The first-order valence-electron chi connectivity index (χ1n) is 6.41. The van der Waals surface area contributed by atoms with Gasteiger partial charge in [-0.3, -0.25) is 9.59 Å². The van der Waals surface area contributed by atoms with E-state index in [9.17, 15) is 9.59 Å². The lowest BCUT2D eigenvalue weighted by molar-refractivity contribution is -0.111. The van der Waals surface area contributed by atoms with E-state index in [4.69, 9.17) is 0 Å². The van der Waals surface area contributed by atoms with Crippen LogP contribution in [-0.4, -0.2) is 17.9 Å². The van der Waals surface area contributed by atoms with Crippen LogP contribution in [0.2, 0.25) is 0 Å². The minimum absolute atomic E-state index is 0.0512. The molecule has 1 aromatic rings. The molecule has 1 saturated carbocycles. The molecule has 100 valence electrons. The second-order valence-electron chi connectivity index (χ2n) is 5.04. The molecule has 0 atom stereocenters. The largest absolute Gasteiger partial charge is 0.349 e. The third-order valence-corrected chi connectivity index (χ3v) is 2.75. The molecule has 0 aromatic heterocycles. The van der Waals surface area contributed by atoms with Gasteiger partial charge in [0.25, 0.3) is 5.91 Å². The van der Waals surface area contributed by atoms with Gasteiger partial charge in [-0.05, 0) is 51.0 Å². The maximum Gasteiger partial charge on any atom is 0.251 e. The van der Waals surface area contributed by atoms with Crippen molar-refractivity contribution in [1.29, 1.82) is 0 Å². The fraction of sp³-hybridized carbons (Fsp3) is 0.333. The summed E-state index contributed by atoms with van der Waals surface area (Å²) in [6.45, 7) is 3.73. The van der Waals surface area contributed by atoms with Crippen molar-refractivity contribution in [2.24, 2.45) is 0 Å². The molecular weight excluding hydrogens is 240 g/mol. The molecule has 1 fully saturated rings. The van der Waals surface area contributed by atoms with Gasteiger partial charge >= 0.3 is 0 Å². The molecule has 1 aliphatic rings. The molecule has 0 bridgehead atoms. The van der Waals surface area contributed by atoms with Crippen molar-refractivity contribution in [3.8, 4) is 0 Å². The van der Waals surface area contributed by atoms with Gasteiger partial charge in [-0.2, -0.15) is 0 Å². The molecule has 0 aliphatic heterocycles. The summed E-state index contributed by atoms with van der Waals surface area (Å²) >= 11 is 0. The second-order valence-corrected chi connectivity index (χ2v) is 5.04. The Hall–Kier alpha value is -2.10. The molecule has 2 N–H and O–H groups in total. The Bertz CT molecular complexity index is 509. The van der Waals surface area contributed by atoms with E-state index in [1.54, 1.807) is 24.3 Å². The van der Waals surface area contributed by atoms with Crippen LogP contribution < -0.4 is 10.6 Å². The number of hydrogen-bond donors (Lipinski definition) is 2. The van der Waals surface area contributed by atoms with E-state index in [1.165, 1.54) is 6.08 Å². The molecule has 1 aliphatic carbocycles. The number of carbonyl (C=O) groups is 2. The van der Waals surface area contributed by atoms with E-state index in [2.05, 4.69) is 10.6 Å². The molecule has 0 heterocycles. The summed E-state index contributed by atoms with van der Waals surface area (Å²) in [5.74, 6) is -0.208. The first-order chi connectivity index (χ1) is 9.04. The first-order valence-corrected chi connectivity index (χ1v) is 6.41. The van der Waals surface area contributed by atoms with Gasteiger partial charge < -0.3 is 10.6 Å². The van der Waals surface area contributed by atoms with Gasteiger partial charge in [0, 0.05) is 23.4 Å². The third kappa shape index (κ3) is 4.25. The number of rotatable bonds is 4. The maximum absolute atomic E-state index is 11.8. The van der Waals surface area contributed by atoms with Crippen LogP contribution in [0.1, 0.15) is 37.0 Å². The predicted octanol–water partition coefficient (Wildman–Crippen LogP) is 2.48. The van der Waals surface area contributed by atoms with Crippen molar-refractivity contribution in [2.75, 3.05) is 5.32 Å². The number of carbonyl (C=O) groups excluding carboxylic acids is 2.